The molecule has 0 aliphatic carbocycles. The molecule has 0 bridgehead atoms. The van der Waals surface area contributed by atoms with E-state index in [1.807, 2.05) is 12.1 Å². The fourth-order valence-corrected chi connectivity index (χ4v) is 2.68. The molecule has 1 aliphatic rings. The van der Waals surface area contributed by atoms with E-state index in [0.29, 0.717) is 0 Å². The Morgan fingerprint density at radius 1 is 1.53 bits per heavy atom. The van der Waals surface area contributed by atoms with Crippen molar-refractivity contribution in [3.8, 4) is 0 Å². The van der Waals surface area contributed by atoms with Gasteiger partial charge in [-0.1, -0.05) is 28.1 Å². The highest BCUT2D eigenvalue weighted by Gasteiger charge is 2.34. The maximum atomic E-state index is 10.3. The largest absolute Gasteiger partial charge is 0.388 e. The Kier molecular flexibility index (Phi) is 3.14. The highest BCUT2D eigenvalue weighted by Crippen LogP contribution is 2.25. The molecule has 1 saturated heterocycles. The first kappa shape index (κ1) is 11.1. The standard InChI is InChI=1S/C12H16BrNO/c1-14-6-5-12(15,9-14)8-10-3-2-4-11(13)7-10/h2-4,7,15H,5-6,8-9H2,1H3. The first-order chi connectivity index (χ1) is 7.07. The Hall–Kier alpha value is -0.380. The lowest BCUT2D eigenvalue weighted by Gasteiger charge is -2.22. The third-order valence-corrected chi connectivity index (χ3v) is 3.44. The molecule has 0 radical (unpaired) electrons. The number of likely N-dealkylation sites (tertiary alicyclic amines) is 1. The molecule has 1 atom stereocenters. The van der Waals surface area contributed by atoms with Crippen molar-refractivity contribution in [2.75, 3.05) is 20.1 Å². The van der Waals surface area contributed by atoms with Crippen LogP contribution in [0.25, 0.3) is 0 Å². The van der Waals surface area contributed by atoms with E-state index < -0.39 is 5.60 Å². The molecular formula is C12H16BrNO. The van der Waals surface area contributed by atoms with E-state index in [-0.39, 0.29) is 0 Å². The molecule has 1 N–H and O–H groups in total. The number of benzene rings is 1. The highest BCUT2D eigenvalue weighted by molar-refractivity contribution is 9.10. The molecule has 3 heteroatoms. The SMILES string of the molecule is CN1CCC(O)(Cc2cccc(Br)c2)C1. The number of hydrogen-bond acceptors (Lipinski definition) is 2. The molecule has 0 aromatic heterocycles. The summed E-state index contributed by atoms with van der Waals surface area (Å²) >= 11 is 3.45. The van der Waals surface area contributed by atoms with Crippen molar-refractivity contribution in [3.05, 3.63) is 34.3 Å². The summed E-state index contributed by atoms with van der Waals surface area (Å²) in [4.78, 5) is 2.18. The second-order valence-electron chi connectivity index (χ2n) is 4.52. The van der Waals surface area contributed by atoms with Crippen LogP contribution in [0.1, 0.15) is 12.0 Å². The fraction of sp³-hybridized carbons (Fsp3) is 0.500. The third kappa shape index (κ3) is 2.80. The van der Waals surface area contributed by atoms with Gasteiger partial charge in [0.15, 0.2) is 0 Å². The van der Waals surface area contributed by atoms with E-state index in [4.69, 9.17) is 0 Å². The molecular weight excluding hydrogens is 254 g/mol. The zero-order valence-electron chi connectivity index (χ0n) is 8.91. The fourth-order valence-electron chi connectivity index (χ4n) is 2.23. The Balaban J connectivity index is 2.08. The average molecular weight is 270 g/mol. The molecule has 1 fully saturated rings. The lowest BCUT2D eigenvalue weighted by Crippen LogP contribution is -2.34. The van der Waals surface area contributed by atoms with E-state index in [9.17, 15) is 5.11 Å². The van der Waals surface area contributed by atoms with E-state index in [0.717, 1.165) is 30.4 Å². The number of halogens is 1. The average Bonchev–Trinajstić information content (AvgIpc) is 2.45. The van der Waals surface area contributed by atoms with E-state index in [2.05, 4.69) is 40.0 Å². The molecule has 1 unspecified atom stereocenters. The van der Waals surface area contributed by atoms with Gasteiger partial charge in [-0.3, -0.25) is 0 Å². The lowest BCUT2D eigenvalue weighted by atomic mass is 9.94. The van der Waals surface area contributed by atoms with Gasteiger partial charge in [0.05, 0.1) is 5.60 Å². The molecule has 1 aromatic carbocycles. The van der Waals surface area contributed by atoms with Crippen LogP contribution in [-0.4, -0.2) is 35.7 Å². The third-order valence-electron chi connectivity index (χ3n) is 2.95. The van der Waals surface area contributed by atoms with Crippen LogP contribution in [0.4, 0.5) is 0 Å². The second-order valence-corrected chi connectivity index (χ2v) is 5.43. The summed E-state index contributed by atoms with van der Waals surface area (Å²) in [5.41, 5.74) is 0.664. The van der Waals surface area contributed by atoms with Crippen LogP contribution in [0.2, 0.25) is 0 Å². The van der Waals surface area contributed by atoms with Crippen molar-refractivity contribution >= 4 is 15.9 Å². The van der Waals surface area contributed by atoms with E-state index >= 15 is 0 Å². The van der Waals surface area contributed by atoms with Crippen LogP contribution in [0.5, 0.6) is 0 Å². The van der Waals surface area contributed by atoms with E-state index in [1.165, 1.54) is 5.56 Å². The summed E-state index contributed by atoms with van der Waals surface area (Å²) in [6, 6.07) is 8.17. The van der Waals surface area contributed by atoms with Gasteiger partial charge in [0.1, 0.15) is 0 Å². The van der Waals surface area contributed by atoms with Gasteiger partial charge < -0.3 is 10.0 Å². The van der Waals surface area contributed by atoms with Crippen molar-refractivity contribution in [2.24, 2.45) is 0 Å². The summed E-state index contributed by atoms with van der Waals surface area (Å²) in [5.74, 6) is 0. The van der Waals surface area contributed by atoms with Crippen molar-refractivity contribution < 1.29 is 5.11 Å². The van der Waals surface area contributed by atoms with Gasteiger partial charge in [-0.15, -0.1) is 0 Å². The number of nitrogens with zero attached hydrogens (tertiary/aromatic N) is 1. The molecule has 0 amide bonds. The van der Waals surface area contributed by atoms with Gasteiger partial charge >= 0.3 is 0 Å². The minimum Gasteiger partial charge on any atom is -0.388 e. The lowest BCUT2D eigenvalue weighted by molar-refractivity contribution is 0.0523. The first-order valence-electron chi connectivity index (χ1n) is 5.23. The van der Waals surface area contributed by atoms with Crippen LogP contribution in [0.3, 0.4) is 0 Å². The maximum Gasteiger partial charge on any atom is 0.0826 e. The second kappa shape index (κ2) is 4.24. The highest BCUT2D eigenvalue weighted by atomic mass is 79.9. The quantitative estimate of drug-likeness (QED) is 0.889. The number of hydrogen-bond donors (Lipinski definition) is 1. The molecule has 0 saturated carbocycles. The molecule has 2 nitrogen and oxygen atoms in total. The zero-order chi connectivity index (χ0) is 10.9. The van der Waals surface area contributed by atoms with Crippen molar-refractivity contribution in [1.82, 2.24) is 4.90 Å². The van der Waals surface area contributed by atoms with Gasteiger partial charge in [0.25, 0.3) is 0 Å². The summed E-state index contributed by atoms with van der Waals surface area (Å²) in [6.45, 7) is 1.77. The molecule has 15 heavy (non-hydrogen) atoms. The number of rotatable bonds is 2. The Labute approximate surface area is 99.0 Å². The number of β-amino-alcohol motifs (C(OH)–C–C–N with tert-alkyl or cyclic N) is 1. The first-order valence-corrected chi connectivity index (χ1v) is 6.02. The van der Waals surface area contributed by atoms with Crippen LogP contribution in [0, 0.1) is 0 Å². The minimum absolute atomic E-state index is 0.532. The van der Waals surface area contributed by atoms with Crippen LogP contribution >= 0.6 is 15.9 Å². The topological polar surface area (TPSA) is 23.5 Å². The molecule has 82 valence electrons. The van der Waals surface area contributed by atoms with Crippen molar-refractivity contribution in [2.45, 2.75) is 18.4 Å². The van der Waals surface area contributed by atoms with Gasteiger partial charge in [0.2, 0.25) is 0 Å². The predicted octanol–water partition coefficient (Wildman–Crippen LogP) is 2.06. The molecule has 2 rings (SSSR count). The van der Waals surface area contributed by atoms with Crippen LogP contribution in [0.15, 0.2) is 28.7 Å². The monoisotopic (exact) mass is 269 g/mol. The number of likely N-dealkylation sites (N-methyl/N-ethyl adjacent to an activating group) is 1. The Morgan fingerprint density at radius 3 is 2.93 bits per heavy atom. The summed E-state index contributed by atoms with van der Waals surface area (Å²) in [7, 11) is 2.05. The maximum absolute atomic E-state index is 10.3. The normalized spacial score (nSPS) is 27.1. The molecule has 1 aliphatic heterocycles. The van der Waals surface area contributed by atoms with Crippen molar-refractivity contribution in [3.63, 3.8) is 0 Å². The predicted molar refractivity (Wildman–Crippen MR) is 64.9 cm³/mol. The smallest absolute Gasteiger partial charge is 0.0826 e. The van der Waals surface area contributed by atoms with Crippen molar-refractivity contribution in [1.29, 1.82) is 0 Å². The van der Waals surface area contributed by atoms with Gasteiger partial charge in [-0.2, -0.15) is 0 Å². The van der Waals surface area contributed by atoms with Crippen LogP contribution in [-0.2, 0) is 6.42 Å². The molecule has 1 aromatic rings. The number of aliphatic hydroxyl groups is 1. The molecule has 0 spiro atoms. The van der Waals surface area contributed by atoms with Crippen LogP contribution < -0.4 is 0 Å². The van der Waals surface area contributed by atoms with E-state index in [1.54, 1.807) is 0 Å². The summed E-state index contributed by atoms with van der Waals surface area (Å²) in [6.07, 6.45) is 1.62. The minimum atomic E-state index is -0.532. The van der Waals surface area contributed by atoms with Gasteiger partial charge in [-0.05, 0) is 31.2 Å². The van der Waals surface area contributed by atoms with Gasteiger partial charge in [-0.25, -0.2) is 0 Å². The summed E-state index contributed by atoms with van der Waals surface area (Å²) in [5, 5.41) is 10.3. The van der Waals surface area contributed by atoms with Gasteiger partial charge in [0, 0.05) is 24.0 Å². The summed E-state index contributed by atoms with van der Waals surface area (Å²) < 4.78 is 1.08. The Morgan fingerprint density at radius 2 is 2.33 bits per heavy atom. The zero-order valence-corrected chi connectivity index (χ0v) is 10.5. The molecule has 1 heterocycles. The Bertz CT molecular complexity index is 355.